The number of hydrogen-bond donors (Lipinski definition) is 2. The lowest BCUT2D eigenvalue weighted by Crippen LogP contribution is -2.25. The van der Waals surface area contributed by atoms with Gasteiger partial charge in [-0.2, -0.15) is 0 Å². The summed E-state index contributed by atoms with van der Waals surface area (Å²) in [6.07, 6.45) is 0.164. The normalized spacial score (nSPS) is 14.0. The van der Waals surface area contributed by atoms with Crippen molar-refractivity contribution in [2.24, 2.45) is 5.73 Å². The quantitative estimate of drug-likeness (QED) is 0.763. The number of aromatic nitrogens is 1. The van der Waals surface area contributed by atoms with Crippen LogP contribution < -0.4 is 5.73 Å². The summed E-state index contributed by atoms with van der Waals surface area (Å²) >= 11 is 0. The van der Waals surface area contributed by atoms with Gasteiger partial charge >= 0.3 is 0 Å². The Morgan fingerprint density at radius 3 is 2.41 bits per heavy atom. The molecule has 0 aliphatic heterocycles. The maximum absolute atomic E-state index is 9.99. The van der Waals surface area contributed by atoms with Gasteiger partial charge in [-0.15, -0.1) is 12.4 Å². The molecule has 0 aliphatic rings. The summed E-state index contributed by atoms with van der Waals surface area (Å²) in [5, 5.41) is 12.4. The van der Waals surface area contributed by atoms with Crippen LogP contribution in [0.4, 0.5) is 0 Å². The molecule has 3 aromatic rings. The number of para-hydroxylation sites is 1. The van der Waals surface area contributed by atoms with Crippen molar-refractivity contribution < 1.29 is 5.11 Å². The molecule has 0 fully saturated rings. The Bertz CT molecular complexity index is 781. The molecule has 0 bridgehead atoms. The van der Waals surface area contributed by atoms with Crippen LogP contribution in [0.3, 0.4) is 0 Å². The van der Waals surface area contributed by atoms with Crippen LogP contribution in [0.2, 0.25) is 0 Å². The Labute approximate surface area is 137 Å². The SMILES string of the molecule is CC[C@H](O)[C@H](N)c1ccc2c(c1)c1ccccc1n2CC.Cl. The van der Waals surface area contributed by atoms with E-state index >= 15 is 0 Å². The maximum Gasteiger partial charge on any atom is 0.0730 e. The third kappa shape index (κ3) is 2.60. The van der Waals surface area contributed by atoms with Gasteiger partial charge in [0.1, 0.15) is 0 Å². The lowest BCUT2D eigenvalue weighted by Gasteiger charge is -2.17. The highest BCUT2D eigenvalue weighted by Crippen LogP contribution is 2.31. The van der Waals surface area contributed by atoms with E-state index in [0.717, 1.165) is 12.1 Å². The van der Waals surface area contributed by atoms with E-state index in [0.29, 0.717) is 6.42 Å². The van der Waals surface area contributed by atoms with Crippen LogP contribution in [-0.4, -0.2) is 15.8 Å². The molecule has 22 heavy (non-hydrogen) atoms. The average Bonchev–Trinajstić information content (AvgIpc) is 2.86. The van der Waals surface area contributed by atoms with Gasteiger partial charge in [0.15, 0.2) is 0 Å². The van der Waals surface area contributed by atoms with Crippen LogP contribution in [0.25, 0.3) is 21.8 Å². The summed E-state index contributed by atoms with van der Waals surface area (Å²) in [6.45, 7) is 5.05. The van der Waals surface area contributed by atoms with Crippen LogP contribution in [0.1, 0.15) is 31.9 Å². The molecule has 0 spiro atoms. The van der Waals surface area contributed by atoms with Gasteiger partial charge in [-0.3, -0.25) is 0 Å². The van der Waals surface area contributed by atoms with Gasteiger partial charge in [-0.1, -0.05) is 31.2 Å². The zero-order valence-electron chi connectivity index (χ0n) is 13.0. The molecule has 4 heteroatoms. The van der Waals surface area contributed by atoms with Gasteiger partial charge in [0.05, 0.1) is 12.1 Å². The van der Waals surface area contributed by atoms with E-state index in [4.69, 9.17) is 5.73 Å². The van der Waals surface area contributed by atoms with Crippen molar-refractivity contribution in [1.82, 2.24) is 4.57 Å². The van der Waals surface area contributed by atoms with Gasteiger partial charge < -0.3 is 15.4 Å². The van der Waals surface area contributed by atoms with Crippen molar-refractivity contribution in [2.75, 3.05) is 0 Å². The van der Waals surface area contributed by atoms with E-state index in [9.17, 15) is 5.11 Å². The van der Waals surface area contributed by atoms with Gasteiger partial charge in [0.25, 0.3) is 0 Å². The zero-order chi connectivity index (χ0) is 15.0. The van der Waals surface area contributed by atoms with Gasteiger partial charge in [0, 0.05) is 28.4 Å². The van der Waals surface area contributed by atoms with Crippen molar-refractivity contribution >= 4 is 34.2 Å². The van der Waals surface area contributed by atoms with Crippen molar-refractivity contribution in [3.05, 3.63) is 48.0 Å². The Morgan fingerprint density at radius 2 is 1.73 bits per heavy atom. The first-order chi connectivity index (χ1) is 10.2. The Kier molecular flexibility index (Phi) is 5.12. The first kappa shape index (κ1) is 16.8. The monoisotopic (exact) mass is 318 g/mol. The second-order valence-electron chi connectivity index (χ2n) is 5.54. The highest BCUT2D eigenvalue weighted by Gasteiger charge is 2.17. The summed E-state index contributed by atoms with van der Waals surface area (Å²) in [5.74, 6) is 0. The summed E-state index contributed by atoms with van der Waals surface area (Å²) in [6, 6.07) is 14.4. The number of nitrogens with two attached hydrogens (primary N) is 1. The number of benzene rings is 2. The molecule has 2 atom stereocenters. The highest BCUT2D eigenvalue weighted by atomic mass is 35.5. The molecular formula is C18H23ClN2O. The van der Waals surface area contributed by atoms with Crippen LogP contribution >= 0.6 is 12.4 Å². The first-order valence-corrected chi connectivity index (χ1v) is 7.61. The number of halogens is 1. The number of aryl methyl sites for hydroxylation is 1. The molecule has 0 saturated heterocycles. The smallest absolute Gasteiger partial charge is 0.0730 e. The van der Waals surface area contributed by atoms with Crippen LogP contribution in [0.5, 0.6) is 0 Å². The van der Waals surface area contributed by atoms with Crippen molar-refractivity contribution in [3.63, 3.8) is 0 Å². The fraction of sp³-hybridized carbons (Fsp3) is 0.333. The van der Waals surface area contributed by atoms with E-state index < -0.39 is 6.10 Å². The largest absolute Gasteiger partial charge is 0.391 e. The Balaban J connectivity index is 0.00000176. The van der Waals surface area contributed by atoms with E-state index in [1.54, 1.807) is 0 Å². The van der Waals surface area contributed by atoms with Crippen molar-refractivity contribution in [1.29, 1.82) is 0 Å². The molecule has 0 saturated carbocycles. The molecular weight excluding hydrogens is 296 g/mol. The van der Waals surface area contributed by atoms with E-state index in [1.807, 2.05) is 13.0 Å². The maximum atomic E-state index is 9.99. The summed E-state index contributed by atoms with van der Waals surface area (Å²) in [4.78, 5) is 0. The predicted octanol–water partition coefficient (Wildman–Crippen LogP) is 4.01. The van der Waals surface area contributed by atoms with E-state index in [-0.39, 0.29) is 18.4 Å². The topological polar surface area (TPSA) is 51.2 Å². The van der Waals surface area contributed by atoms with Crippen molar-refractivity contribution in [2.45, 2.75) is 39.0 Å². The number of fused-ring (bicyclic) bond motifs is 3. The molecule has 3 nitrogen and oxygen atoms in total. The van der Waals surface area contributed by atoms with Crippen LogP contribution in [-0.2, 0) is 6.54 Å². The van der Waals surface area contributed by atoms with E-state index in [1.165, 1.54) is 21.8 Å². The van der Waals surface area contributed by atoms with Gasteiger partial charge in [0.2, 0.25) is 0 Å². The second kappa shape index (κ2) is 6.69. The number of aliphatic hydroxyl groups is 1. The van der Waals surface area contributed by atoms with E-state index in [2.05, 4.69) is 47.9 Å². The Morgan fingerprint density at radius 1 is 1.05 bits per heavy atom. The zero-order valence-corrected chi connectivity index (χ0v) is 13.8. The molecule has 118 valence electrons. The summed E-state index contributed by atoms with van der Waals surface area (Å²) in [5.41, 5.74) is 9.63. The molecule has 3 rings (SSSR count). The number of hydrogen-bond acceptors (Lipinski definition) is 2. The highest BCUT2D eigenvalue weighted by molar-refractivity contribution is 6.08. The predicted molar refractivity (Wildman–Crippen MR) is 95.6 cm³/mol. The molecule has 0 unspecified atom stereocenters. The van der Waals surface area contributed by atoms with Gasteiger partial charge in [-0.05, 0) is 37.1 Å². The molecule has 1 aromatic heterocycles. The molecule has 2 aromatic carbocycles. The summed E-state index contributed by atoms with van der Waals surface area (Å²) in [7, 11) is 0. The summed E-state index contributed by atoms with van der Waals surface area (Å²) < 4.78 is 2.32. The minimum atomic E-state index is -0.498. The van der Waals surface area contributed by atoms with Crippen LogP contribution in [0, 0.1) is 0 Å². The first-order valence-electron chi connectivity index (χ1n) is 7.61. The second-order valence-corrected chi connectivity index (χ2v) is 5.54. The molecule has 3 N–H and O–H groups in total. The third-order valence-corrected chi connectivity index (χ3v) is 4.33. The van der Waals surface area contributed by atoms with Gasteiger partial charge in [-0.25, -0.2) is 0 Å². The minimum absolute atomic E-state index is 0. The number of rotatable bonds is 4. The fourth-order valence-corrected chi connectivity index (χ4v) is 3.10. The molecule has 0 radical (unpaired) electrons. The van der Waals surface area contributed by atoms with Crippen molar-refractivity contribution in [3.8, 4) is 0 Å². The Hall–Kier alpha value is -1.55. The minimum Gasteiger partial charge on any atom is -0.391 e. The standard InChI is InChI=1S/C18H22N2O.ClH/c1-3-17(21)18(19)12-9-10-16-14(11-12)13-7-5-6-8-15(13)20(16)4-2;/h5-11,17-18,21H,3-4,19H2,1-2H3;1H/t17-,18+;/m0./s1. The third-order valence-electron chi connectivity index (χ3n) is 4.33. The number of nitrogens with zero attached hydrogens (tertiary/aromatic N) is 1. The molecule has 0 aliphatic carbocycles. The fourth-order valence-electron chi connectivity index (χ4n) is 3.10. The lowest BCUT2D eigenvalue weighted by atomic mass is 9.98. The molecule has 1 heterocycles. The lowest BCUT2D eigenvalue weighted by molar-refractivity contribution is 0.141. The number of aliphatic hydroxyl groups excluding tert-OH is 1. The molecule has 0 amide bonds. The average molecular weight is 319 g/mol. The van der Waals surface area contributed by atoms with Crippen LogP contribution in [0.15, 0.2) is 42.5 Å².